The summed E-state index contributed by atoms with van der Waals surface area (Å²) in [5.74, 6) is -1.27. The van der Waals surface area contributed by atoms with Crippen molar-refractivity contribution in [2.24, 2.45) is 5.92 Å². The molecule has 0 bridgehead atoms. The summed E-state index contributed by atoms with van der Waals surface area (Å²) in [5, 5.41) is 11.7. The largest absolute Gasteiger partial charge is 0.506 e. The average molecular weight is 517 g/mol. The van der Waals surface area contributed by atoms with E-state index in [0.717, 1.165) is 12.0 Å². The Bertz CT molecular complexity index is 1480. The summed E-state index contributed by atoms with van der Waals surface area (Å²) in [6, 6.07) is 10.7. The molecule has 0 fully saturated rings. The first kappa shape index (κ1) is 26.9. The molecular weight excluding hydrogens is 484 g/mol. The van der Waals surface area contributed by atoms with Gasteiger partial charge in [-0.2, -0.15) is 0 Å². The number of phenols is 1. The van der Waals surface area contributed by atoms with Crippen LogP contribution >= 0.6 is 0 Å². The van der Waals surface area contributed by atoms with E-state index in [1.807, 2.05) is 57.2 Å². The van der Waals surface area contributed by atoms with Crippen LogP contribution in [-0.4, -0.2) is 29.1 Å². The van der Waals surface area contributed by atoms with Crippen LogP contribution in [0.2, 0.25) is 0 Å². The van der Waals surface area contributed by atoms with E-state index < -0.39 is 17.2 Å². The van der Waals surface area contributed by atoms with E-state index in [4.69, 9.17) is 13.9 Å². The van der Waals surface area contributed by atoms with E-state index in [1.165, 1.54) is 12.1 Å². The van der Waals surface area contributed by atoms with Crippen molar-refractivity contribution in [2.45, 2.75) is 52.6 Å². The monoisotopic (exact) mass is 516 g/mol. The second-order valence-electron chi connectivity index (χ2n) is 10.2. The number of benzene rings is 2. The number of phenolic OH excluding ortho intramolecular Hbond substituents is 1. The van der Waals surface area contributed by atoms with Crippen molar-refractivity contribution in [2.75, 3.05) is 6.61 Å². The van der Waals surface area contributed by atoms with Gasteiger partial charge >= 0.3 is 11.6 Å². The lowest BCUT2D eigenvalue weighted by Gasteiger charge is -2.30. The van der Waals surface area contributed by atoms with Gasteiger partial charge < -0.3 is 19.0 Å². The van der Waals surface area contributed by atoms with E-state index >= 15 is 0 Å². The van der Waals surface area contributed by atoms with Crippen LogP contribution in [0, 0.1) is 5.92 Å². The summed E-state index contributed by atoms with van der Waals surface area (Å²) >= 11 is 0. The number of fused-ring (bicyclic) bond motifs is 3. The van der Waals surface area contributed by atoms with Gasteiger partial charge in [0, 0.05) is 18.6 Å². The van der Waals surface area contributed by atoms with Crippen LogP contribution in [0.25, 0.3) is 23.1 Å². The number of esters is 1. The predicted molar refractivity (Wildman–Crippen MR) is 146 cm³/mol. The number of hydrogen-bond donors (Lipinski definition) is 1. The Morgan fingerprint density at radius 3 is 2.63 bits per heavy atom. The fourth-order valence-corrected chi connectivity index (χ4v) is 4.50. The Morgan fingerprint density at radius 1 is 1.18 bits per heavy atom. The highest BCUT2D eigenvalue weighted by atomic mass is 16.5. The van der Waals surface area contributed by atoms with Gasteiger partial charge in [-0.05, 0) is 55.5 Å². The fourth-order valence-electron chi connectivity index (χ4n) is 4.50. The molecule has 3 aromatic rings. The number of hydrogen-bond acceptors (Lipinski definition) is 7. The van der Waals surface area contributed by atoms with Crippen molar-refractivity contribution in [1.29, 1.82) is 0 Å². The molecule has 38 heavy (non-hydrogen) atoms. The molecule has 1 unspecified atom stereocenters. The van der Waals surface area contributed by atoms with E-state index in [2.05, 4.69) is 0 Å². The topological polar surface area (TPSA) is 103 Å². The molecule has 2 heterocycles. The van der Waals surface area contributed by atoms with Crippen LogP contribution in [0.3, 0.4) is 0 Å². The van der Waals surface area contributed by atoms with E-state index in [1.54, 1.807) is 19.1 Å². The van der Waals surface area contributed by atoms with Crippen molar-refractivity contribution in [3.8, 4) is 11.5 Å². The van der Waals surface area contributed by atoms with Crippen LogP contribution in [-0.2, 0) is 16.0 Å². The van der Waals surface area contributed by atoms with Crippen LogP contribution in [0.1, 0.15) is 67.6 Å². The number of ketones is 1. The van der Waals surface area contributed by atoms with E-state index in [9.17, 15) is 19.5 Å². The second kappa shape index (κ2) is 11.1. The van der Waals surface area contributed by atoms with Crippen molar-refractivity contribution >= 4 is 34.9 Å². The Labute approximate surface area is 221 Å². The molecule has 1 aliphatic heterocycles. The Balaban J connectivity index is 1.61. The maximum atomic E-state index is 13.6. The van der Waals surface area contributed by atoms with Gasteiger partial charge in [0.1, 0.15) is 22.7 Å². The van der Waals surface area contributed by atoms with Crippen molar-refractivity contribution in [3.05, 3.63) is 81.2 Å². The molecule has 1 aromatic heterocycles. The molecule has 7 nitrogen and oxygen atoms in total. The normalized spacial score (nSPS) is 14.7. The minimum absolute atomic E-state index is 0.00851. The first-order chi connectivity index (χ1) is 18.1. The van der Waals surface area contributed by atoms with Crippen molar-refractivity contribution in [3.63, 3.8) is 0 Å². The highest BCUT2D eigenvalue weighted by Gasteiger charge is 2.33. The SMILES string of the molecule is CCCc1cc(=O)oc2c3c(c(C(=O)CC(C)COC(=O)C=Cc4ccccc4)c(O)c12)OC(C)(C)C=C3. The van der Waals surface area contributed by atoms with Gasteiger partial charge in [0.15, 0.2) is 11.4 Å². The van der Waals surface area contributed by atoms with Gasteiger partial charge in [0.2, 0.25) is 0 Å². The standard InChI is InChI=1S/C31H32O7/c1-5-9-21-17-25(34)37-29-22-14-15-31(3,4)38-30(22)27(28(35)26(21)29)23(32)16-19(2)18-36-24(33)13-12-20-10-7-6-8-11-20/h6-8,10-15,17,19,35H,5,9,16,18H2,1-4H3. The minimum atomic E-state index is -0.740. The predicted octanol–water partition coefficient (Wildman–Crippen LogP) is 6.10. The van der Waals surface area contributed by atoms with Crippen LogP contribution in [0.4, 0.5) is 0 Å². The molecule has 0 radical (unpaired) electrons. The van der Waals surface area contributed by atoms with Gasteiger partial charge in [0.25, 0.3) is 0 Å². The molecular formula is C31H32O7. The highest BCUT2D eigenvalue weighted by molar-refractivity contribution is 6.10. The maximum Gasteiger partial charge on any atom is 0.336 e. The van der Waals surface area contributed by atoms with Crippen LogP contribution < -0.4 is 10.4 Å². The first-order valence-corrected chi connectivity index (χ1v) is 12.8. The molecule has 0 aliphatic carbocycles. The Kier molecular flexibility index (Phi) is 7.86. The number of Topliss-reactive ketones (excluding diaryl/α,β-unsaturated/α-hetero) is 1. The molecule has 1 N–H and O–H groups in total. The van der Waals surface area contributed by atoms with Gasteiger partial charge in [-0.25, -0.2) is 9.59 Å². The summed E-state index contributed by atoms with van der Waals surface area (Å²) in [5.41, 5.74) is 0.896. The van der Waals surface area contributed by atoms with Gasteiger partial charge in [0.05, 0.1) is 17.6 Å². The Hall–Kier alpha value is -4.13. The average Bonchev–Trinajstić information content (AvgIpc) is 2.86. The maximum absolute atomic E-state index is 13.6. The van der Waals surface area contributed by atoms with Crippen LogP contribution in [0.15, 0.2) is 57.8 Å². The van der Waals surface area contributed by atoms with E-state index in [0.29, 0.717) is 22.9 Å². The second-order valence-corrected chi connectivity index (χ2v) is 10.2. The van der Waals surface area contributed by atoms with Crippen LogP contribution in [0.5, 0.6) is 11.5 Å². The molecule has 198 valence electrons. The third-order valence-corrected chi connectivity index (χ3v) is 6.30. The first-order valence-electron chi connectivity index (χ1n) is 12.8. The molecule has 1 atom stereocenters. The zero-order chi connectivity index (χ0) is 27.4. The molecule has 2 aromatic carbocycles. The van der Waals surface area contributed by atoms with Crippen molar-refractivity contribution in [1.82, 2.24) is 0 Å². The van der Waals surface area contributed by atoms with Gasteiger partial charge in [-0.15, -0.1) is 0 Å². The highest BCUT2D eigenvalue weighted by Crippen LogP contribution is 2.46. The van der Waals surface area contributed by atoms with E-state index in [-0.39, 0.29) is 47.4 Å². The smallest absolute Gasteiger partial charge is 0.336 e. The molecule has 7 heteroatoms. The molecule has 1 aliphatic rings. The molecule has 4 rings (SSSR count). The number of aromatic hydroxyl groups is 1. The summed E-state index contributed by atoms with van der Waals surface area (Å²) in [4.78, 5) is 38.0. The third-order valence-electron chi connectivity index (χ3n) is 6.30. The number of rotatable bonds is 9. The van der Waals surface area contributed by atoms with Gasteiger partial charge in [-0.3, -0.25) is 4.79 Å². The molecule has 0 saturated heterocycles. The zero-order valence-electron chi connectivity index (χ0n) is 22.1. The number of carbonyl (C=O) groups excluding carboxylic acids is 2. The lowest BCUT2D eigenvalue weighted by molar-refractivity contribution is -0.138. The summed E-state index contributed by atoms with van der Waals surface area (Å²) in [7, 11) is 0. The zero-order valence-corrected chi connectivity index (χ0v) is 22.1. The Morgan fingerprint density at radius 2 is 1.92 bits per heavy atom. The minimum Gasteiger partial charge on any atom is -0.506 e. The number of carbonyl (C=O) groups is 2. The number of aryl methyl sites for hydroxylation is 1. The lowest BCUT2D eigenvalue weighted by Crippen LogP contribution is -2.29. The molecule has 0 saturated carbocycles. The summed E-state index contributed by atoms with van der Waals surface area (Å²) in [6.45, 7) is 7.45. The summed E-state index contributed by atoms with van der Waals surface area (Å²) in [6.07, 6.45) is 7.86. The summed E-state index contributed by atoms with van der Waals surface area (Å²) < 4.78 is 17.0. The number of ether oxygens (including phenoxy) is 2. The third kappa shape index (κ3) is 5.88. The molecule has 0 spiro atoms. The fraction of sp³-hybridized carbons (Fsp3) is 0.323. The lowest BCUT2D eigenvalue weighted by atomic mass is 9.90. The molecule has 0 amide bonds. The van der Waals surface area contributed by atoms with Crippen molar-refractivity contribution < 1.29 is 28.6 Å². The van der Waals surface area contributed by atoms with Gasteiger partial charge in [-0.1, -0.05) is 50.6 Å². The quantitative estimate of drug-likeness (QED) is 0.159.